The first-order valence-electron chi connectivity index (χ1n) is 6.76. The van der Waals surface area contributed by atoms with Gasteiger partial charge in [-0.2, -0.15) is 0 Å². The minimum absolute atomic E-state index is 0.00677. The lowest BCUT2D eigenvalue weighted by Gasteiger charge is -2.12. The molecule has 0 atom stereocenters. The summed E-state index contributed by atoms with van der Waals surface area (Å²) in [5, 5.41) is 9.76. The topological polar surface area (TPSA) is 55.8 Å². The Bertz CT molecular complexity index is 736. The van der Waals surface area contributed by atoms with Crippen molar-refractivity contribution in [2.75, 3.05) is 0 Å². The molecule has 0 fully saturated rings. The maximum absolute atomic E-state index is 12.1. The van der Waals surface area contributed by atoms with E-state index in [2.05, 4.69) is 11.3 Å². The summed E-state index contributed by atoms with van der Waals surface area (Å²) in [5.74, 6) is -0.940. The number of phenolic OH excluding ortho intramolecular Hbond substituents is 1. The summed E-state index contributed by atoms with van der Waals surface area (Å²) >= 11 is 0. The van der Waals surface area contributed by atoms with Gasteiger partial charge in [-0.15, -0.1) is 13.2 Å². The number of halogens is 3. The fraction of sp³-hybridized carbons (Fsp3) is 0.118. The third-order valence-electron chi connectivity index (χ3n) is 2.99. The van der Waals surface area contributed by atoms with Crippen molar-refractivity contribution in [3.8, 4) is 17.2 Å². The molecular weight excluding hydrogens is 325 g/mol. The molecule has 0 unspecified atom stereocenters. The monoisotopic (exact) mass is 338 g/mol. The number of benzene rings is 2. The maximum Gasteiger partial charge on any atom is 0.573 e. The third kappa shape index (κ3) is 4.52. The largest absolute Gasteiger partial charge is 0.573 e. The minimum Gasteiger partial charge on any atom is -0.507 e. The first-order chi connectivity index (χ1) is 11.3. The number of ketones is 1. The molecule has 2 rings (SSSR count). The second-order valence-corrected chi connectivity index (χ2v) is 4.70. The highest BCUT2D eigenvalue weighted by atomic mass is 19.4. The summed E-state index contributed by atoms with van der Waals surface area (Å²) in [7, 11) is 0. The van der Waals surface area contributed by atoms with Gasteiger partial charge in [0.25, 0.3) is 0 Å². The smallest absolute Gasteiger partial charge is 0.507 e. The molecule has 0 aliphatic heterocycles. The van der Waals surface area contributed by atoms with E-state index < -0.39 is 12.1 Å². The van der Waals surface area contributed by atoms with Gasteiger partial charge in [-0.3, -0.25) is 4.79 Å². The molecule has 7 heteroatoms. The molecular formula is C17H13F3O4. The van der Waals surface area contributed by atoms with Crippen LogP contribution in [0.5, 0.6) is 17.2 Å². The number of rotatable bonds is 6. The van der Waals surface area contributed by atoms with Crippen molar-refractivity contribution in [3.05, 3.63) is 66.2 Å². The molecule has 1 N–H and O–H groups in total. The summed E-state index contributed by atoms with van der Waals surface area (Å²) in [6, 6.07) is 9.46. The number of hydrogen-bond acceptors (Lipinski definition) is 4. The minimum atomic E-state index is -4.75. The highest BCUT2D eigenvalue weighted by Gasteiger charge is 2.30. The molecule has 0 amide bonds. The second kappa shape index (κ2) is 7.08. The van der Waals surface area contributed by atoms with Gasteiger partial charge in [0.1, 0.15) is 29.4 Å². The highest BCUT2D eigenvalue weighted by molar-refractivity contribution is 6.08. The Hall–Kier alpha value is -2.96. The van der Waals surface area contributed by atoms with E-state index in [9.17, 15) is 23.1 Å². The zero-order valence-corrected chi connectivity index (χ0v) is 12.3. The van der Waals surface area contributed by atoms with Crippen LogP contribution in [0.3, 0.4) is 0 Å². The predicted octanol–water partition coefficient (Wildman–Crippen LogP) is 4.24. The average Bonchev–Trinajstić information content (AvgIpc) is 2.52. The van der Waals surface area contributed by atoms with Crippen LogP contribution in [0.1, 0.15) is 15.9 Å². The van der Waals surface area contributed by atoms with E-state index in [-0.39, 0.29) is 29.4 Å². The van der Waals surface area contributed by atoms with Gasteiger partial charge in [-0.05, 0) is 35.9 Å². The molecule has 2 aromatic rings. The second-order valence-electron chi connectivity index (χ2n) is 4.70. The van der Waals surface area contributed by atoms with E-state index in [4.69, 9.17) is 4.74 Å². The van der Waals surface area contributed by atoms with Crippen LogP contribution in [0, 0.1) is 0 Å². The predicted molar refractivity (Wildman–Crippen MR) is 80.1 cm³/mol. The molecule has 0 aromatic heterocycles. The van der Waals surface area contributed by atoms with Gasteiger partial charge in [0.2, 0.25) is 0 Å². The number of alkyl halides is 3. The van der Waals surface area contributed by atoms with E-state index in [1.165, 1.54) is 30.3 Å². The van der Waals surface area contributed by atoms with Crippen molar-refractivity contribution in [1.82, 2.24) is 0 Å². The summed E-state index contributed by atoms with van der Waals surface area (Å²) in [5.41, 5.74) is 0.536. The number of hydrogen-bond donors (Lipinski definition) is 1. The van der Waals surface area contributed by atoms with E-state index in [0.717, 1.165) is 18.2 Å². The lowest BCUT2D eigenvalue weighted by atomic mass is 10.1. The average molecular weight is 338 g/mol. The lowest BCUT2D eigenvalue weighted by molar-refractivity contribution is -0.274. The Morgan fingerprint density at radius 1 is 1.17 bits per heavy atom. The molecule has 126 valence electrons. The quantitative estimate of drug-likeness (QED) is 0.632. The van der Waals surface area contributed by atoms with Gasteiger partial charge in [-0.1, -0.05) is 24.8 Å². The Kier molecular flexibility index (Phi) is 5.13. The van der Waals surface area contributed by atoms with Gasteiger partial charge in [0.15, 0.2) is 5.78 Å². The number of allylic oxidation sites excluding steroid dienone is 1. The van der Waals surface area contributed by atoms with Gasteiger partial charge >= 0.3 is 6.36 Å². The van der Waals surface area contributed by atoms with Crippen molar-refractivity contribution in [2.45, 2.75) is 13.0 Å². The molecule has 0 saturated carbocycles. The molecule has 0 radical (unpaired) electrons. The summed E-state index contributed by atoms with van der Waals surface area (Å²) < 4.78 is 45.5. The molecule has 0 heterocycles. The van der Waals surface area contributed by atoms with Crippen LogP contribution >= 0.6 is 0 Å². The highest BCUT2D eigenvalue weighted by Crippen LogP contribution is 2.29. The number of aromatic hydroxyl groups is 1. The molecule has 0 aliphatic carbocycles. The van der Waals surface area contributed by atoms with Gasteiger partial charge in [0, 0.05) is 0 Å². The van der Waals surface area contributed by atoms with Crippen molar-refractivity contribution in [3.63, 3.8) is 0 Å². The summed E-state index contributed by atoms with van der Waals surface area (Å²) in [6.45, 7) is 3.35. The SMILES string of the molecule is C=CC(=O)c1c(O)cccc1OCc1ccc(OC(F)(F)F)cc1. The van der Waals surface area contributed by atoms with Gasteiger partial charge in [-0.25, -0.2) is 0 Å². The zero-order chi connectivity index (χ0) is 17.7. The normalized spacial score (nSPS) is 11.0. The lowest BCUT2D eigenvalue weighted by Crippen LogP contribution is -2.17. The Labute approximate surface area is 135 Å². The van der Waals surface area contributed by atoms with Crippen molar-refractivity contribution >= 4 is 5.78 Å². The van der Waals surface area contributed by atoms with Gasteiger partial charge in [0.05, 0.1) is 0 Å². The summed E-state index contributed by atoms with van der Waals surface area (Å²) in [4.78, 5) is 11.8. The number of carbonyl (C=O) groups excluding carboxylic acids is 1. The fourth-order valence-corrected chi connectivity index (χ4v) is 1.94. The van der Waals surface area contributed by atoms with E-state index in [1.54, 1.807) is 0 Å². The van der Waals surface area contributed by atoms with Crippen LogP contribution < -0.4 is 9.47 Å². The van der Waals surface area contributed by atoms with Crippen LogP contribution in [0.4, 0.5) is 13.2 Å². The van der Waals surface area contributed by atoms with Crippen molar-refractivity contribution < 1.29 is 32.5 Å². The number of ether oxygens (including phenoxy) is 2. The zero-order valence-electron chi connectivity index (χ0n) is 12.3. The summed E-state index contributed by atoms with van der Waals surface area (Å²) in [6.07, 6.45) is -3.70. The van der Waals surface area contributed by atoms with Gasteiger partial charge < -0.3 is 14.6 Å². The number of carbonyl (C=O) groups is 1. The van der Waals surface area contributed by atoms with Crippen LogP contribution in [-0.2, 0) is 6.61 Å². The fourth-order valence-electron chi connectivity index (χ4n) is 1.94. The van der Waals surface area contributed by atoms with Crippen molar-refractivity contribution in [1.29, 1.82) is 0 Å². The third-order valence-corrected chi connectivity index (χ3v) is 2.99. The molecule has 4 nitrogen and oxygen atoms in total. The number of phenols is 1. The van der Waals surface area contributed by atoms with Crippen LogP contribution in [0.25, 0.3) is 0 Å². The molecule has 0 aliphatic rings. The Morgan fingerprint density at radius 3 is 2.42 bits per heavy atom. The Balaban J connectivity index is 2.10. The van der Waals surface area contributed by atoms with E-state index in [0.29, 0.717) is 5.56 Å². The first kappa shape index (κ1) is 17.4. The Morgan fingerprint density at radius 2 is 1.83 bits per heavy atom. The molecule has 0 spiro atoms. The van der Waals surface area contributed by atoms with Crippen LogP contribution in [0.2, 0.25) is 0 Å². The first-order valence-corrected chi connectivity index (χ1v) is 6.76. The van der Waals surface area contributed by atoms with E-state index in [1.807, 2.05) is 0 Å². The van der Waals surface area contributed by atoms with Crippen LogP contribution in [0.15, 0.2) is 55.1 Å². The molecule has 24 heavy (non-hydrogen) atoms. The van der Waals surface area contributed by atoms with Crippen LogP contribution in [-0.4, -0.2) is 17.3 Å². The van der Waals surface area contributed by atoms with E-state index >= 15 is 0 Å². The maximum atomic E-state index is 12.1. The standard InChI is InChI=1S/C17H13F3O4/c1-2-13(21)16-14(22)4-3-5-15(16)23-10-11-6-8-12(9-7-11)24-17(18,19)20/h2-9,22H,1,10H2. The molecule has 2 aromatic carbocycles. The van der Waals surface area contributed by atoms with Crippen molar-refractivity contribution in [2.24, 2.45) is 0 Å². The molecule has 0 saturated heterocycles. The molecule has 0 bridgehead atoms.